The summed E-state index contributed by atoms with van der Waals surface area (Å²) in [5.74, 6) is 0. The normalized spacial score (nSPS) is 10.4. The molecular formula is C13H13Cl2N3. The number of nitrogens with one attached hydrogen (secondary N) is 1. The lowest BCUT2D eigenvalue weighted by Gasteiger charge is -2.11. The average molecular weight is 282 g/mol. The van der Waals surface area contributed by atoms with Gasteiger partial charge < -0.3 is 5.32 Å². The molecule has 0 atom stereocenters. The van der Waals surface area contributed by atoms with Gasteiger partial charge >= 0.3 is 0 Å². The first-order valence-corrected chi connectivity index (χ1v) is 6.30. The summed E-state index contributed by atoms with van der Waals surface area (Å²) in [5, 5.41) is 4.04. The zero-order valence-corrected chi connectivity index (χ0v) is 11.7. The van der Waals surface area contributed by atoms with E-state index in [1.165, 1.54) is 0 Å². The average Bonchev–Trinajstić information content (AvgIpc) is 2.30. The van der Waals surface area contributed by atoms with Gasteiger partial charge in [0.25, 0.3) is 0 Å². The van der Waals surface area contributed by atoms with Crippen LogP contribution >= 0.6 is 23.2 Å². The topological polar surface area (TPSA) is 37.8 Å². The molecule has 2 rings (SSSR count). The molecule has 2 aromatic heterocycles. The number of rotatable bonds is 3. The third kappa shape index (κ3) is 3.12. The maximum Gasteiger partial charge on any atom is 0.154 e. The number of pyridine rings is 2. The molecule has 0 fully saturated rings. The van der Waals surface area contributed by atoms with Crippen LogP contribution in [0.2, 0.25) is 10.3 Å². The molecule has 0 saturated heterocycles. The number of hydrogen-bond donors (Lipinski definition) is 1. The van der Waals surface area contributed by atoms with E-state index >= 15 is 0 Å². The van der Waals surface area contributed by atoms with Crippen molar-refractivity contribution in [3.8, 4) is 0 Å². The Morgan fingerprint density at radius 2 is 2.00 bits per heavy atom. The van der Waals surface area contributed by atoms with Gasteiger partial charge in [-0.15, -0.1) is 0 Å². The second-order valence-corrected chi connectivity index (χ2v) is 4.83. The van der Waals surface area contributed by atoms with E-state index in [-0.39, 0.29) is 0 Å². The molecule has 0 aliphatic heterocycles. The Labute approximate surface area is 116 Å². The lowest BCUT2D eigenvalue weighted by atomic mass is 10.2. The summed E-state index contributed by atoms with van der Waals surface area (Å²) in [5.41, 5.74) is 3.87. The number of aryl methyl sites for hydroxylation is 2. The van der Waals surface area contributed by atoms with Crippen LogP contribution in [0.3, 0.4) is 0 Å². The Bertz CT molecular complexity index is 530. The van der Waals surface area contributed by atoms with E-state index in [2.05, 4.69) is 15.3 Å². The molecule has 0 aliphatic carbocycles. The highest BCUT2D eigenvalue weighted by Gasteiger charge is 2.07. The molecule has 1 N–H and O–H groups in total. The summed E-state index contributed by atoms with van der Waals surface area (Å²) in [4.78, 5) is 8.25. The highest BCUT2D eigenvalue weighted by atomic mass is 35.5. The molecule has 0 aromatic carbocycles. The zero-order valence-electron chi connectivity index (χ0n) is 10.2. The van der Waals surface area contributed by atoms with Crippen LogP contribution in [0.25, 0.3) is 0 Å². The summed E-state index contributed by atoms with van der Waals surface area (Å²) in [6.45, 7) is 4.55. The fraction of sp³-hybridized carbons (Fsp3) is 0.231. The van der Waals surface area contributed by atoms with Crippen LogP contribution in [0.15, 0.2) is 24.4 Å². The van der Waals surface area contributed by atoms with Crippen LogP contribution in [-0.2, 0) is 6.54 Å². The Balaban J connectivity index is 2.13. The van der Waals surface area contributed by atoms with E-state index < -0.39 is 0 Å². The standard InChI is InChI=1S/C13H13Cl2N3/c1-8-5-11(14)18-13(15)12(8)17-7-10-4-3-9(2)16-6-10/h3-6,17H,7H2,1-2H3. The highest BCUT2D eigenvalue weighted by molar-refractivity contribution is 6.34. The second kappa shape index (κ2) is 5.55. The van der Waals surface area contributed by atoms with Crippen LogP contribution in [0.1, 0.15) is 16.8 Å². The first-order chi connectivity index (χ1) is 8.56. The molecule has 0 bridgehead atoms. The van der Waals surface area contributed by atoms with E-state index in [9.17, 15) is 0 Å². The lowest BCUT2D eigenvalue weighted by Crippen LogP contribution is -2.03. The van der Waals surface area contributed by atoms with E-state index in [1.54, 1.807) is 6.07 Å². The molecule has 5 heteroatoms. The van der Waals surface area contributed by atoms with Gasteiger partial charge in [-0.25, -0.2) is 4.98 Å². The number of nitrogens with zero attached hydrogens (tertiary/aromatic N) is 2. The van der Waals surface area contributed by atoms with Crippen LogP contribution in [0.5, 0.6) is 0 Å². The first kappa shape index (κ1) is 13.1. The molecule has 3 nitrogen and oxygen atoms in total. The van der Waals surface area contributed by atoms with Crippen LogP contribution < -0.4 is 5.32 Å². The predicted octanol–water partition coefficient (Wildman–Crippen LogP) is 4.01. The van der Waals surface area contributed by atoms with E-state index in [1.807, 2.05) is 32.2 Å². The van der Waals surface area contributed by atoms with Gasteiger partial charge in [-0.2, -0.15) is 0 Å². The second-order valence-electron chi connectivity index (χ2n) is 4.09. The molecule has 2 heterocycles. The molecule has 0 spiro atoms. The SMILES string of the molecule is Cc1ccc(CNc2c(C)cc(Cl)nc2Cl)cn1. The van der Waals surface area contributed by atoms with Crippen molar-refractivity contribution in [3.05, 3.63) is 51.5 Å². The lowest BCUT2D eigenvalue weighted by molar-refractivity contribution is 1.08. The number of halogens is 2. The van der Waals surface area contributed by atoms with Crippen molar-refractivity contribution in [2.24, 2.45) is 0 Å². The van der Waals surface area contributed by atoms with Crippen molar-refractivity contribution in [3.63, 3.8) is 0 Å². The Morgan fingerprint density at radius 3 is 2.61 bits per heavy atom. The molecular weight excluding hydrogens is 269 g/mol. The Kier molecular flexibility index (Phi) is 4.04. The van der Waals surface area contributed by atoms with Gasteiger partial charge in [0.1, 0.15) is 5.15 Å². The molecule has 0 aliphatic rings. The maximum absolute atomic E-state index is 6.05. The third-order valence-electron chi connectivity index (χ3n) is 2.58. The fourth-order valence-corrected chi connectivity index (χ4v) is 2.20. The van der Waals surface area contributed by atoms with E-state index in [4.69, 9.17) is 23.2 Å². The van der Waals surface area contributed by atoms with Gasteiger partial charge in [-0.05, 0) is 37.1 Å². The molecule has 94 valence electrons. The van der Waals surface area contributed by atoms with Crippen molar-refractivity contribution in [1.82, 2.24) is 9.97 Å². The fourth-order valence-electron chi connectivity index (χ4n) is 1.60. The van der Waals surface area contributed by atoms with E-state index in [0.29, 0.717) is 16.9 Å². The summed E-state index contributed by atoms with van der Waals surface area (Å²) in [7, 11) is 0. The quantitative estimate of drug-likeness (QED) is 0.864. The number of hydrogen-bond acceptors (Lipinski definition) is 3. The predicted molar refractivity (Wildman–Crippen MR) is 75.3 cm³/mol. The molecule has 18 heavy (non-hydrogen) atoms. The summed E-state index contributed by atoms with van der Waals surface area (Å²) in [6.07, 6.45) is 1.84. The molecule has 0 unspecified atom stereocenters. The number of anilines is 1. The summed E-state index contributed by atoms with van der Waals surface area (Å²) in [6, 6.07) is 5.79. The van der Waals surface area contributed by atoms with Crippen molar-refractivity contribution in [2.45, 2.75) is 20.4 Å². The van der Waals surface area contributed by atoms with Gasteiger partial charge in [-0.3, -0.25) is 4.98 Å². The van der Waals surface area contributed by atoms with Gasteiger partial charge in [0.05, 0.1) is 5.69 Å². The minimum atomic E-state index is 0.389. The van der Waals surface area contributed by atoms with Crippen molar-refractivity contribution in [1.29, 1.82) is 0 Å². The van der Waals surface area contributed by atoms with Gasteiger partial charge in [0.2, 0.25) is 0 Å². The zero-order chi connectivity index (χ0) is 13.1. The van der Waals surface area contributed by atoms with Crippen molar-refractivity contribution in [2.75, 3.05) is 5.32 Å². The molecule has 0 radical (unpaired) electrons. The minimum absolute atomic E-state index is 0.389. The highest BCUT2D eigenvalue weighted by Crippen LogP contribution is 2.26. The monoisotopic (exact) mass is 281 g/mol. The van der Waals surface area contributed by atoms with Crippen LogP contribution in [0, 0.1) is 13.8 Å². The van der Waals surface area contributed by atoms with Crippen molar-refractivity contribution < 1.29 is 0 Å². The summed E-state index contributed by atoms with van der Waals surface area (Å²) >= 11 is 11.9. The minimum Gasteiger partial charge on any atom is -0.378 e. The Morgan fingerprint density at radius 1 is 1.22 bits per heavy atom. The van der Waals surface area contributed by atoms with Crippen molar-refractivity contribution >= 4 is 28.9 Å². The largest absolute Gasteiger partial charge is 0.378 e. The maximum atomic E-state index is 6.05. The van der Waals surface area contributed by atoms with Gasteiger partial charge in [-0.1, -0.05) is 29.3 Å². The molecule has 0 amide bonds. The third-order valence-corrected chi connectivity index (χ3v) is 3.05. The van der Waals surface area contributed by atoms with Gasteiger partial charge in [0.15, 0.2) is 5.15 Å². The summed E-state index contributed by atoms with van der Waals surface area (Å²) < 4.78 is 0. The van der Waals surface area contributed by atoms with E-state index in [0.717, 1.165) is 22.5 Å². The van der Waals surface area contributed by atoms with Crippen LogP contribution in [0.4, 0.5) is 5.69 Å². The first-order valence-electron chi connectivity index (χ1n) is 5.54. The smallest absolute Gasteiger partial charge is 0.154 e. The van der Waals surface area contributed by atoms with Crippen LogP contribution in [-0.4, -0.2) is 9.97 Å². The molecule has 2 aromatic rings. The molecule has 0 saturated carbocycles. The Hall–Kier alpha value is -1.32. The number of aromatic nitrogens is 2. The van der Waals surface area contributed by atoms with Gasteiger partial charge in [0, 0.05) is 18.4 Å².